The van der Waals surface area contributed by atoms with E-state index in [0.29, 0.717) is 5.78 Å². The molecule has 0 aliphatic rings. The topological polar surface area (TPSA) is 17.1 Å². The maximum atomic E-state index is 11.1. The molecule has 0 aromatic carbocycles. The lowest BCUT2D eigenvalue weighted by Gasteiger charge is -1.96. The van der Waals surface area contributed by atoms with Gasteiger partial charge in [0.2, 0.25) is 0 Å². The van der Waals surface area contributed by atoms with Gasteiger partial charge in [0.05, 0.1) is 0 Å². The summed E-state index contributed by atoms with van der Waals surface area (Å²) in [7, 11) is 0. The lowest BCUT2D eigenvalue weighted by molar-refractivity contribution is -0.114. The first-order valence-corrected chi connectivity index (χ1v) is 5.50. The Kier molecular flexibility index (Phi) is 9.07. The maximum Gasteiger partial charge on any atom is 0.155 e. The second-order valence-corrected chi connectivity index (χ2v) is 3.44. The van der Waals surface area contributed by atoms with Crippen molar-refractivity contribution >= 4 is 5.78 Å². The molecule has 0 aromatic heterocycles. The fourth-order valence-electron chi connectivity index (χ4n) is 1.24. The van der Waals surface area contributed by atoms with Crippen molar-refractivity contribution in [3.63, 3.8) is 0 Å². The van der Waals surface area contributed by atoms with E-state index in [1.165, 1.54) is 25.7 Å². The van der Waals surface area contributed by atoms with Crippen LogP contribution in [0.1, 0.15) is 58.8 Å². The van der Waals surface area contributed by atoms with Crippen LogP contribution in [0.5, 0.6) is 0 Å². The quantitative estimate of drug-likeness (QED) is 0.411. The number of carbonyl (C=O) groups is 1. The molecule has 0 amide bonds. The van der Waals surface area contributed by atoms with Crippen molar-refractivity contribution in [1.29, 1.82) is 0 Å². The predicted octanol–water partition coefficient (Wildman–Crippen LogP) is 3.88. The summed E-state index contributed by atoms with van der Waals surface area (Å²) in [6.45, 7) is 4.25. The summed E-state index contributed by atoms with van der Waals surface area (Å²) >= 11 is 0. The number of hydrogen-bond acceptors (Lipinski definition) is 1. The highest BCUT2D eigenvalue weighted by Gasteiger charge is 1.95. The van der Waals surface area contributed by atoms with Gasteiger partial charge in [0.25, 0.3) is 0 Å². The average molecular weight is 182 g/mol. The van der Waals surface area contributed by atoms with Gasteiger partial charge in [-0.25, -0.2) is 0 Å². The van der Waals surface area contributed by atoms with Gasteiger partial charge in [0.1, 0.15) is 0 Å². The highest BCUT2D eigenvalue weighted by molar-refractivity contribution is 5.89. The zero-order valence-electron chi connectivity index (χ0n) is 9.01. The van der Waals surface area contributed by atoms with Crippen LogP contribution in [0, 0.1) is 0 Å². The van der Waals surface area contributed by atoms with Gasteiger partial charge in [-0.05, 0) is 18.9 Å². The Morgan fingerprint density at radius 2 is 1.77 bits per heavy atom. The Labute approximate surface area is 82.2 Å². The first-order valence-electron chi connectivity index (χ1n) is 5.50. The third-order valence-corrected chi connectivity index (χ3v) is 2.07. The minimum absolute atomic E-state index is 0.290. The van der Waals surface area contributed by atoms with E-state index in [9.17, 15) is 4.79 Å². The van der Waals surface area contributed by atoms with Crippen molar-refractivity contribution in [2.75, 3.05) is 0 Å². The second kappa shape index (κ2) is 9.50. The van der Waals surface area contributed by atoms with Crippen LogP contribution in [0.2, 0.25) is 0 Å². The standard InChI is InChI=1S/C12H22O/c1-3-5-7-8-9-11-12(13)10-6-4-2/h6,10H,3-5,7-9,11H2,1-2H3/b10-6+. The van der Waals surface area contributed by atoms with Crippen LogP contribution in [0.3, 0.4) is 0 Å². The van der Waals surface area contributed by atoms with Crippen molar-refractivity contribution < 1.29 is 4.79 Å². The molecule has 0 bridgehead atoms. The number of unbranched alkanes of at least 4 members (excludes halogenated alkanes) is 4. The van der Waals surface area contributed by atoms with Gasteiger partial charge in [-0.1, -0.05) is 45.6 Å². The molecule has 0 radical (unpaired) electrons. The van der Waals surface area contributed by atoms with Gasteiger partial charge >= 0.3 is 0 Å². The maximum absolute atomic E-state index is 11.1. The Bertz CT molecular complexity index is 147. The molecule has 0 spiro atoms. The first kappa shape index (κ1) is 12.4. The molecule has 0 saturated heterocycles. The van der Waals surface area contributed by atoms with E-state index in [0.717, 1.165) is 19.3 Å². The highest BCUT2D eigenvalue weighted by Crippen LogP contribution is 2.05. The molecule has 0 aliphatic carbocycles. The summed E-state index contributed by atoms with van der Waals surface area (Å²) in [6.07, 6.45) is 11.5. The molecule has 76 valence electrons. The third-order valence-electron chi connectivity index (χ3n) is 2.07. The van der Waals surface area contributed by atoms with E-state index in [1.54, 1.807) is 6.08 Å². The average Bonchev–Trinajstić information content (AvgIpc) is 2.14. The molecule has 1 heteroatoms. The van der Waals surface area contributed by atoms with Gasteiger partial charge < -0.3 is 0 Å². The van der Waals surface area contributed by atoms with Gasteiger partial charge in [-0.3, -0.25) is 4.79 Å². The van der Waals surface area contributed by atoms with Crippen molar-refractivity contribution in [1.82, 2.24) is 0 Å². The zero-order chi connectivity index (χ0) is 9.94. The third kappa shape index (κ3) is 9.32. The van der Waals surface area contributed by atoms with Crippen LogP contribution >= 0.6 is 0 Å². The van der Waals surface area contributed by atoms with Crippen molar-refractivity contribution in [3.05, 3.63) is 12.2 Å². The van der Waals surface area contributed by atoms with Crippen molar-refractivity contribution in [3.8, 4) is 0 Å². The molecule has 13 heavy (non-hydrogen) atoms. The van der Waals surface area contributed by atoms with Gasteiger partial charge in [-0.2, -0.15) is 0 Å². The lowest BCUT2D eigenvalue weighted by Crippen LogP contribution is -1.91. The van der Waals surface area contributed by atoms with Crippen LogP contribution in [-0.4, -0.2) is 5.78 Å². The zero-order valence-corrected chi connectivity index (χ0v) is 9.01. The van der Waals surface area contributed by atoms with E-state index in [2.05, 4.69) is 6.92 Å². The van der Waals surface area contributed by atoms with Gasteiger partial charge in [0.15, 0.2) is 5.78 Å². The summed E-state index contributed by atoms with van der Waals surface area (Å²) < 4.78 is 0. The van der Waals surface area contributed by atoms with Crippen molar-refractivity contribution in [2.24, 2.45) is 0 Å². The molecule has 0 aliphatic heterocycles. The van der Waals surface area contributed by atoms with E-state index >= 15 is 0 Å². The molecule has 0 fully saturated rings. The smallest absolute Gasteiger partial charge is 0.155 e. The van der Waals surface area contributed by atoms with E-state index in [1.807, 2.05) is 13.0 Å². The monoisotopic (exact) mass is 182 g/mol. The van der Waals surface area contributed by atoms with Crippen LogP contribution in [0.25, 0.3) is 0 Å². The molecule has 0 heterocycles. The number of ketones is 1. The molecular weight excluding hydrogens is 160 g/mol. The largest absolute Gasteiger partial charge is 0.295 e. The molecule has 0 saturated carbocycles. The summed E-state index contributed by atoms with van der Waals surface area (Å²) in [4.78, 5) is 11.1. The van der Waals surface area contributed by atoms with E-state index < -0.39 is 0 Å². The van der Waals surface area contributed by atoms with E-state index in [-0.39, 0.29) is 0 Å². The van der Waals surface area contributed by atoms with Crippen LogP contribution < -0.4 is 0 Å². The Morgan fingerprint density at radius 1 is 1.08 bits per heavy atom. The lowest BCUT2D eigenvalue weighted by atomic mass is 10.1. The molecule has 0 aromatic rings. The Morgan fingerprint density at radius 3 is 2.38 bits per heavy atom. The fraction of sp³-hybridized carbons (Fsp3) is 0.750. The summed E-state index contributed by atoms with van der Waals surface area (Å²) in [5, 5.41) is 0. The van der Waals surface area contributed by atoms with Crippen LogP contribution in [0.4, 0.5) is 0 Å². The highest BCUT2D eigenvalue weighted by atomic mass is 16.1. The Hall–Kier alpha value is -0.590. The SMILES string of the molecule is CC/C=C/C(=O)CCCCCCC. The normalized spacial score (nSPS) is 10.9. The summed E-state index contributed by atoms with van der Waals surface area (Å²) in [5.74, 6) is 0.290. The molecule has 0 rings (SSSR count). The molecule has 1 nitrogen and oxygen atoms in total. The van der Waals surface area contributed by atoms with Crippen LogP contribution in [0.15, 0.2) is 12.2 Å². The minimum atomic E-state index is 0.290. The van der Waals surface area contributed by atoms with Gasteiger partial charge in [0, 0.05) is 6.42 Å². The van der Waals surface area contributed by atoms with Crippen molar-refractivity contribution in [2.45, 2.75) is 58.8 Å². The number of rotatable bonds is 8. The van der Waals surface area contributed by atoms with Crippen LogP contribution in [-0.2, 0) is 4.79 Å². The summed E-state index contributed by atoms with van der Waals surface area (Å²) in [5.41, 5.74) is 0. The molecule has 0 N–H and O–H groups in total. The summed E-state index contributed by atoms with van der Waals surface area (Å²) in [6, 6.07) is 0. The number of allylic oxidation sites excluding steroid dienone is 2. The second-order valence-electron chi connectivity index (χ2n) is 3.44. The molecular formula is C12H22O. The minimum Gasteiger partial charge on any atom is -0.295 e. The first-order chi connectivity index (χ1) is 6.31. The predicted molar refractivity (Wildman–Crippen MR) is 57.8 cm³/mol. The molecule has 0 unspecified atom stereocenters. The molecule has 0 atom stereocenters. The van der Waals surface area contributed by atoms with Gasteiger partial charge in [-0.15, -0.1) is 0 Å². The number of carbonyl (C=O) groups excluding carboxylic acids is 1. The number of hydrogen-bond donors (Lipinski definition) is 0. The van der Waals surface area contributed by atoms with E-state index in [4.69, 9.17) is 0 Å². The Balaban J connectivity index is 3.22. The fourth-order valence-corrected chi connectivity index (χ4v) is 1.24.